The van der Waals surface area contributed by atoms with Crippen molar-refractivity contribution in [3.63, 3.8) is 0 Å². The second-order valence-corrected chi connectivity index (χ2v) is 4.15. The lowest BCUT2D eigenvalue weighted by Crippen LogP contribution is -2.19. The Morgan fingerprint density at radius 1 is 1.32 bits per heavy atom. The zero-order valence-corrected chi connectivity index (χ0v) is 10.8. The van der Waals surface area contributed by atoms with Crippen LogP contribution in [0.2, 0.25) is 0 Å². The highest BCUT2D eigenvalue weighted by atomic mass is 19.1. The second-order valence-electron chi connectivity index (χ2n) is 4.15. The minimum Gasteiger partial charge on any atom is -0.383 e. The molecule has 0 radical (unpaired) electrons. The average Bonchev–Trinajstić information content (AvgIpc) is 2.85. The molecule has 2 rings (SSSR count). The topological polar surface area (TPSA) is 52.0 Å². The Balaban J connectivity index is 1.85. The number of ether oxygens (including phenoxy) is 1. The summed E-state index contributed by atoms with van der Waals surface area (Å²) in [4.78, 5) is 4.20. The first-order chi connectivity index (χ1) is 9.28. The van der Waals surface area contributed by atoms with Crippen molar-refractivity contribution < 1.29 is 9.13 Å². The van der Waals surface area contributed by atoms with E-state index in [4.69, 9.17) is 4.74 Å². The van der Waals surface area contributed by atoms with Crippen LogP contribution in [-0.4, -0.2) is 35.0 Å². The van der Waals surface area contributed by atoms with E-state index in [1.807, 2.05) is 0 Å². The van der Waals surface area contributed by atoms with E-state index < -0.39 is 0 Å². The van der Waals surface area contributed by atoms with Gasteiger partial charge in [-0.1, -0.05) is 12.1 Å². The molecule has 19 heavy (non-hydrogen) atoms. The molecule has 102 valence electrons. The number of halogens is 1. The molecule has 0 fully saturated rings. The Labute approximate surface area is 111 Å². The zero-order valence-electron chi connectivity index (χ0n) is 10.8. The van der Waals surface area contributed by atoms with Crippen molar-refractivity contribution in [2.45, 2.75) is 13.1 Å². The highest BCUT2D eigenvalue weighted by Crippen LogP contribution is 2.04. The van der Waals surface area contributed by atoms with Crippen molar-refractivity contribution in [3.8, 4) is 0 Å². The van der Waals surface area contributed by atoms with E-state index in [1.54, 1.807) is 30.3 Å². The predicted molar refractivity (Wildman–Crippen MR) is 69.1 cm³/mol. The number of rotatable bonds is 7. The summed E-state index contributed by atoms with van der Waals surface area (Å²) in [5, 5.41) is 7.51. The summed E-state index contributed by atoms with van der Waals surface area (Å²) in [5.74, 6) is 0.503. The van der Waals surface area contributed by atoms with Gasteiger partial charge in [-0.25, -0.2) is 14.1 Å². The Hall–Kier alpha value is -1.79. The van der Waals surface area contributed by atoms with Crippen molar-refractivity contribution in [1.29, 1.82) is 0 Å². The first-order valence-electron chi connectivity index (χ1n) is 6.10. The maximum atomic E-state index is 12.8. The molecule has 1 aromatic carbocycles. The molecule has 2 aromatic rings. The van der Waals surface area contributed by atoms with Gasteiger partial charge in [-0.05, 0) is 17.7 Å². The molecule has 0 bridgehead atoms. The number of benzene rings is 1. The van der Waals surface area contributed by atoms with Gasteiger partial charge in [0.2, 0.25) is 0 Å². The normalized spacial score (nSPS) is 10.8. The molecule has 0 atom stereocenters. The van der Waals surface area contributed by atoms with Crippen molar-refractivity contribution in [2.24, 2.45) is 0 Å². The van der Waals surface area contributed by atoms with Crippen LogP contribution in [0.15, 0.2) is 30.6 Å². The molecular formula is C13H17FN4O. The van der Waals surface area contributed by atoms with Gasteiger partial charge < -0.3 is 10.1 Å². The summed E-state index contributed by atoms with van der Waals surface area (Å²) in [6.07, 6.45) is 1.68. The van der Waals surface area contributed by atoms with Crippen molar-refractivity contribution in [3.05, 3.63) is 47.8 Å². The van der Waals surface area contributed by atoms with Crippen LogP contribution < -0.4 is 5.32 Å². The molecule has 0 saturated heterocycles. The number of nitrogens with one attached hydrogen (secondary N) is 1. The van der Waals surface area contributed by atoms with Gasteiger partial charge in [-0.15, -0.1) is 0 Å². The van der Waals surface area contributed by atoms with Gasteiger partial charge in [0.05, 0.1) is 19.7 Å². The molecule has 0 aliphatic heterocycles. The molecule has 1 aromatic heterocycles. The largest absolute Gasteiger partial charge is 0.383 e. The van der Waals surface area contributed by atoms with Crippen LogP contribution in [0.25, 0.3) is 0 Å². The average molecular weight is 264 g/mol. The molecule has 0 amide bonds. The van der Waals surface area contributed by atoms with Gasteiger partial charge in [-0.2, -0.15) is 5.10 Å². The van der Waals surface area contributed by atoms with Crippen LogP contribution in [0, 0.1) is 5.82 Å². The van der Waals surface area contributed by atoms with E-state index in [9.17, 15) is 4.39 Å². The third-order valence-corrected chi connectivity index (χ3v) is 2.61. The molecule has 1 heterocycles. The Kier molecular flexibility index (Phi) is 5.00. The molecule has 6 heteroatoms. The number of methoxy groups -OCH3 is 1. The number of hydrogen-bond donors (Lipinski definition) is 1. The summed E-state index contributed by atoms with van der Waals surface area (Å²) in [7, 11) is 1.66. The van der Waals surface area contributed by atoms with E-state index >= 15 is 0 Å². The quantitative estimate of drug-likeness (QED) is 0.764. The summed E-state index contributed by atoms with van der Waals surface area (Å²) in [5.41, 5.74) is 0.991. The number of hydrogen-bond acceptors (Lipinski definition) is 4. The second kappa shape index (κ2) is 6.96. The van der Waals surface area contributed by atoms with E-state index in [1.165, 1.54) is 12.1 Å². The molecule has 0 saturated carbocycles. The first kappa shape index (κ1) is 13.6. The monoisotopic (exact) mass is 264 g/mol. The third-order valence-electron chi connectivity index (χ3n) is 2.61. The van der Waals surface area contributed by atoms with E-state index in [-0.39, 0.29) is 5.82 Å². The molecule has 0 aliphatic rings. The van der Waals surface area contributed by atoms with Crippen molar-refractivity contribution in [2.75, 3.05) is 20.3 Å². The minimum absolute atomic E-state index is 0.231. The van der Waals surface area contributed by atoms with Crippen LogP contribution in [-0.2, 0) is 17.8 Å². The zero-order chi connectivity index (χ0) is 13.5. The molecule has 0 unspecified atom stereocenters. The fourth-order valence-electron chi connectivity index (χ4n) is 1.64. The Morgan fingerprint density at radius 2 is 2.11 bits per heavy atom. The van der Waals surface area contributed by atoms with E-state index in [0.717, 1.165) is 17.9 Å². The lowest BCUT2D eigenvalue weighted by atomic mass is 10.2. The Morgan fingerprint density at radius 3 is 2.84 bits per heavy atom. The molecular weight excluding hydrogens is 247 g/mol. The van der Waals surface area contributed by atoms with Crippen LogP contribution in [0.3, 0.4) is 0 Å². The Bertz CT molecular complexity index is 498. The van der Waals surface area contributed by atoms with Crippen LogP contribution >= 0.6 is 0 Å². The molecule has 0 aliphatic carbocycles. The standard InChI is InChI=1S/C13H17FN4O/c1-19-7-6-15-8-13-16-10-18(17-13)9-11-2-4-12(14)5-3-11/h2-5,10,15H,6-9H2,1H3. The lowest BCUT2D eigenvalue weighted by Gasteiger charge is -2.01. The van der Waals surface area contributed by atoms with E-state index in [2.05, 4.69) is 15.4 Å². The number of aromatic nitrogens is 3. The van der Waals surface area contributed by atoms with Crippen LogP contribution in [0.4, 0.5) is 4.39 Å². The lowest BCUT2D eigenvalue weighted by molar-refractivity contribution is 0.199. The molecule has 0 spiro atoms. The van der Waals surface area contributed by atoms with Crippen LogP contribution in [0.1, 0.15) is 11.4 Å². The maximum Gasteiger partial charge on any atom is 0.164 e. The van der Waals surface area contributed by atoms with Gasteiger partial charge in [0.15, 0.2) is 5.82 Å². The maximum absolute atomic E-state index is 12.8. The van der Waals surface area contributed by atoms with Gasteiger partial charge in [0.1, 0.15) is 12.1 Å². The van der Waals surface area contributed by atoms with Gasteiger partial charge in [0, 0.05) is 13.7 Å². The van der Waals surface area contributed by atoms with E-state index in [0.29, 0.717) is 19.7 Å². The number of nitrogens with zero attached hydrogens (tertiary/aromatic N) is 3. The summed E-state index contributed by atoms with van der Waals surface area (Å²) >= 11 is 0. The predicted octanol–water partition coefficient (Wildman–Crippen LogP) is 1.20. The summed E-state index contributed by atoms with van der Waals surface area (Å²) in [6.45, 7) is 2.63. The summed E-state index contributed by atoms with van der Waals surface area (Å²) < 4.78 is 19.4. The van der Waals surface area contributed by atoms with Crippen molar-refractivity contribution >= 4 is 0 Å². The highest BCUT2D eigenvalue weighted by molar-refractivity contribution is 5.16. The smallest absolute Gasteiger partial charge is 0.164 e. The highest BCUT2D eigenvalue weighted by Gasteiger charge is 2.01. The van der Waals surface area contributed by atoms with Gasteiger partial charge >= 0.3 is 0 Å². The van der Waals surface area contributed by atoms with Gasteiger partial charge in [0.25, 0.3) is 0 Å². The fourth-order valence-corrected chi connectivity index (χ4v) is 1.64. The summed E-state index contributed by atoms with van der Waals surface area (Å²) in [6, 6.07) is 6.38. The molecule has 1 N–H and O–H groups in total. The minimum atomic E-state index is -0.231. The fraction of sp³-hybridized carbons (Fsp3) is 0.385. The third kappa shape index (κ3) is 4.42. The molecule has 5 nitrogen and oxygen atoms in total. The SMILES string of the molecule is COCCNCc1ncn(Cc2ccc(F)cc2)n1. The van der Waals surface area contributed by atoms with Crippen LogP contribution in [0.5, 0.6) is 0 Å². The van der Waals surface area contributed by atoms with Gasteiger partial charge in [-0.3, -0.25) is 0 Å². The van der Waals surface area contributed by atoms with Crippen molar-refractivity contribution in [1.82, 2.24) is 20.1 Å². The first-order valence-corrected chi connectivity index (χ1v) is 6.10.